The molecule has 2 aromatic rings. The second kappa shape index (κ2) is 10.2. The molecule has 0 aliphatic rings. The Balaban J connectivity index is 1.78. The molecule has 0 fully saturated rings. The van der Waals surface area contributed by atoms with Crippen molar-refractivity contribution in [2.24, 2.45) is 0 Å². The predicted molar refractivity (Wildman–Crippen MR) is 102 cm³/mol. The maximum atomic E-state index is 11.9. The van der Waals surface area contributed by atoms with Crippen LogP contribution in [0.4, 0.5) is 0 Å². The molecule has 0 aliphatic heterocycles. The summed E-state index contributed by atoms with van der Waals surface area (Å²) in [7, 11) is 0. The third-order valence-electron chi connectivity index (χ3n) is 3.34. The topological polar surface area (TPSA) is 83.1 Å². The van der Waals surface area contributed by atoms with Crippen LogP contribution >= 0.6 is 23.2 Å². The lowest BCUT2D eigenvalue weighted by molar-refractivity contribution is -0.134. The molecule has 0 spiro atoms. The summed E-state index contributed by atoms with van der Waals surface area (Å²) < 4.78 is 10.7. The van der Waals surface area contributed by atoms with Crippen molar-refractivity contribution in [1.82, 2.24) is 0 Å². The minimum Gasteiger partial charge on any atom is -0.492 e. The van der Waals surface area contributed by atoms with Gasteiger partial charge in [-0.3, -0.25) is 4.79 Å². The van der Waals surface area contributed by atoms with Gasteiger partial charge in [-0.15, -0.1) is 0 Å². The van der Waals surface area contributed by atoms with Gasteiger partial charge in [0.25, 0.3) is 0 Å². The van der Waals surface area contributed by atoms with Crippen molar-refractivity contribution in [1.29, 1.82) is 10.5 Å². The normalized spacial score (nSPS) is 9.63. The minimum atomic E-state index is -0.390. The molecule has 0 aromatic heterocycles. The molecule has 0 heterocycles. The van der Waals surface area contributed by atoms with Gasteiger partial charge in [0.2, 0.25) is 0 Å². The first-order chi connectivity index (χ1) is 13.0. The lowest BCUT2D eigenvalue weighted by atomic mass is 10.1. The van der Waals surface area contributed by atoms with E-state index >= 15 is 0 Å². The van der Waals surface area contributed by atoms with Crippen molar-refractivity contribution >= 4 is 35.2 Å². The zero-order valence-electron chi connectivity index (χ0n) is 14.1. The molecule has 0 radical (unpaired) electrons. The van der Waals surface area contributed by atoms with Crippen LogP contribution in [0.25, 0.3) is 6.08 Å². The number of carbonyl (C=O) groups is 1. The van der Waals surface area contributed by atoms with Gasteiger partial charge in [0.1, 0.15) is 29.2 Å². The quantitative estimate of drug-likeness (QED) is 0.276. The standard InChI is InChI=1S/C20H14Cl2N2O3/c21-16-5-8-19(18(22)11-16)26-9-1-2-20(25)27-17-6-3-14(4-7-17)10-15(12-23)13-24/h3-8,10-11H,1-2,9H2. The van der Waals surface area contributed by atoms with Gasteiger partial charge in [-0.2, -0.15) is 10.5 Å². The number of hydrogen-bond donors (Lipinski definition) is 0. The third kappa shape index (κ3) is 6.67. The molecule has 0 aliphatic carbocycles. The van der Waals surface area contributed by atoms with Crippen molar-refractivity contribution in [3.63, 3.8) is 0 Å². The smallest absolute Gasteiger partial charge is 0.311 e. The molecule has 2 rings (SSSR count). The number of nitrogens with zero attached hydrogens (tertiary/aromatic N) is 2. The second-order valence-electron chi connectivity index (χ2n) is 5.35. The van der Waals surface area contributed by atoms with E-state index in [1.807, 2.05) is 0 Å². The minimum absolute atomic E-state index is 0.000496. The molecule has 0 saturated carbocycles. The summed E-state index contributed by atoms with van der Waals surface area (Å²) in [5.41, 5.74) is 0.668. The number of hydrogen-bond acceptors (Lipinski definition) is 5. The van der Waals surface area contributed by atoms with Crippen molar-refractivity contribution in [3.05, 3.63) is 63.6 Å². The average molecular weight is 401 g/mol. The zero-order valence-corrected chi connectivity index (χ0v) is 15.6. The molecule has 0 unspecified atom stereocenters. The Morgan fingerprint density at radius 2 is 1.78 bits per heavy atom. The monoisotopic (exact) mass is 400 g/mol. The number of nitriles is 2. The van der Waals surface area contributed by atoms with E-state index in [-0.39, 0.29) is 18.0 Å². The van der Waals surface area contributed by atoms with E-state index in [1.165, 1.54) is 6.08 Å². The van der Waals surface area contributed by atoms with Gasteiger partial charge in [-0.25, -0.2) is 0 Å². The first kappa shape index (κ1) is 20.3. The summed E-state index contributed by atoms with van der Waals surface area (Å²) in [6.07, 6.45) is 2.09. The summed E-state index contributed by atoms with van der Waals surface area (Å²) in [6, 6.07) is 15.0. The highest BCUT2D eigenvalue weighted by atomic mass is 35.5. The molecule has 0 saturated heterocycles. The molecule has 7 heteroatoms. The fourth-order valence-electron chi connectivity index (χ4n) is 2.06. The Morgan fingerprint density at radius 3 is 2.41 bits per heavy atom. The number of benzene rings is 2. The Hall–Kier alpha value is -2.99. The maximum Gasteiger partial charge on any atom is 0.311 e. The van der Waals surface area contributed by atoms with E-state index in [0.29, 0.717) is 40.1 Å². The number of ether oxygens (including phenoxy) is 2. The summed E-state index contributed by atoms with van der Waals surface area (Å²) >= 11 is 11.8. The predicted octanol–water partition coefficient (Wildman–Crippen LogP) is 5.19. The van der Waals surface area contributed by atoms with Crippen LogP contribution < -0.4 is 9.47 Å². The van der Waals surface area contributed by atoms with Gasteiger partial charge < -0.3 is 9.47 Å². The number of carbonyl (C=O) groups excluding carboxylic acids is 1. The molecule has 0 bridgehead atoms. The van der Waals surface area contributed by atoms with E-state index in [2.05, 4.69) is 0 Å². The molecule has 0 amide bonds. The molecular formula is C20H14Cl2N2O3. The van der Waals surface area contributed by atoms with Gasteiger partial charge >= 0.3 is 5.97 Å². The molecule has 5 nitrogen and oxygen atoms in total. The fraction of sp³-hybridized carbons (Fsp3) is 0.150. The van der Waals surface area contributed by atoms with E-state index in [9.17, 15) is 4.79 Å². The molecule has 2 aromatic carbocycles. The Labute approximate surface area is 166 Å². The van der Waals surface area contributed by atoms with Gasteiger partial charge in [0.15, 0.2) is 0 Å². The number of rotatable bonds is 7. The SMILES string of the molecule is N#CC(C#N)=Cc1ccc(OC(=O)CCCOc2ccc(Cl)cc2Cl)cc1. The van der Waals surface area contributed by atoms with Crippen molar-refractivity contribution < 1.29 is 14.3 Å². The highest BCUT2D eigenvalue weighted by Crippen LogP contribution is 2.27. The third-order valence-corrected chi connectivity index (χ3v) is 3.87. The fourth-order valence-corrected chi connectivity index (χ4v) is 2.52. The average Bonchev–Trinajstić information content (AvgIpc) is 2.66. The van der Waals surface area contributed by atoms with E-state index in [0.717, 1.165) is 0 Å². The summed E-state index contributed by atoms with van der Waals surface area (Å²) in [5, 5.41) is 18.4. The second-order valence-corrected chi connectivity index (χ2v) is 6.20. The summed E-state index contributed by atoms with van der Waals surface area (Å²) in [6.45, 7) is 0.311. The van der Waals surface area contributed by atoms with Crippen LogP contribution in [0.3, 0.4) is 0 Å². The molecular weight excluding hydrogens is 387 g/mol. The van der Waals surface area contributed by atoms with Crippen molar-refractivity contribution in [2.75, 3.05) is 6.61 Å². The van der Waals surface area contributed by atoms with Crippen LogP contribution in [0.2, 0.25) is 10.0 Å². The molecule has 136 valence electrons. The van der Waals surface area contributed by atoms with Crippen LogP contribution in [-0.2, 0) is 4.79 Å². The van der Waals surface area contributed by atoms with Gasteiger partial charge in [0, 0.05) is 11.4 Å². The first-order valence-electron chi connectivity index (χ1n) is 7.92. The Morgan fingerprint density at radius 1 is 1.07 bits per heavy atom. The largest absolute Gasteiger partial charge is 0.492 e. The van der Waals surface area contributed by atoms with Gasteiger partial charge in [0.05, 0.1) is 11.6 Å². The summed E-state index contributed by atoms with van der Waals surface area (Å²) in [5.74, 6) is 0.500. The van der Waals surface area contributed by atoms with Gasteiger partial charge in [-0.1, -0.05) is 35.3 Å². The van der Waals surface area contributed by atoms with Crippen LogP contribution in [0.15, 0.2) is 48.0 Å². The highest BCUT2D eigenvalue weighted by Gasteiger charge is 2.07. The van der Waals surface area contributed by atoms with E-state index in [4.69, 9.17) is 43.2 Å². The Bertz CT molecular complexity index is 910. The van der Waals surface area contributed by atoms with Crippen LogP contribution in [0.1, 0.15) is 18.4 Å². The van der Waals surface area contributed by atoms with Crippen LogP contribution in [0, 0.1) is 22.7 Å². The number of esters is 1. The summed E-state index contributed by atoms with van der Waals surface area (Å²) in [4.78, 5) is 11.9. The number of allylic oxidation sites excluding steroid dienone is 1. The number of halogens is 2. The lowest BCUT2D eigenvalue weighted by Crippen LogP contribution is -2.10. The van der Waals surface area contributed by atoms with E-state index in [1.54, 1.807) is 54.6 Å². The first-order valence-corrected chi connectivity index (χ1v) is 8.68. The lowest BCUT2D eigenvalue weighted by Gasteiger charge is -2.08. The molecule has 27 heavy (non-hydrogen) atoms. The van der Waals surface area contributed by atoms with Crippen LogP contribution in [0.5, 0.6) is 11.5 Å². The molecule has 0 N–H and O–H groups in total. The van der Waals surface area contributed by atoms with Crippen molar-refractivity contribution in [2.45, 2.75) is 12.8 Å². The van der Waals surface area contributed by atoms with Crippen molar-refractivity contribution in [3.8, 4) is 23.6 Å². The highest BCUT2D eigenvalue weighted by molar-refractivity contribution is 6.35. The maximum absolute atomic E-state index is 11.9. The molecule has 0 atom stereocenters. The zero-order chi connectivity index (χ0) is 19.6. The van der Waals surface area contributed by atoms with E-state index < -0.39 is 0 Å². The Kier molecular flexibility index (Phi) is 7.70. The van der Waals surface area contributed by atoms with Gasteiger partial charge in [-0.05, 0) is 48.4 Å². The van der Waals surface area contributed by atoms with Crippen LogP contribution in [-0.4, -0.2) is 12.6 Å².